The number of carbonyl (C=O) groups excluding carboxylic acids is 2. The molecule has 1 atom stereocenters. The molecular weight excluding hydrogens is 304 g/mol. The van der Waals surface area contributed by atoms with Crippen molar-refractivity contribution in [1.82, 2.24) is 5.01 Å². The van der Waals surface area contributed by atoms with Crippen LogP contribution in [-0.4, -0.2) is 22.5 Å². The molecule has 0 radical (unpaired) electrons. The second-order valence-corrected chi connectivity index (χ2v) is 5.61. The molecule has 122 valence electrons. The average molecular weight is 322 g/mol. The lowest BCUT2D eigenvalue weighted by Crippen LogP contribution is -2.31. The summed E-state index contributed by atoms with van der Waals surface area (Å²) in [6.07, 6.45) is 0.276. The van der Waals surface area contributed by atoms with Crippen molar-refractivity contribution in [3.63, 3.8) is 0 Å². The molecule has 5 nitrogen and oxygen atoms in total. The number of carbonyl (C=O) groups is 2. The summed E-state index contributed by atoms with van der Waals surface area (Å²) in [5.41, 5.74) is 2.49. The summed E-state index contributed by atoms with van der Waals surface area (Å²) < 4.78 is 6.08. The molecule has 0 aromatic heterocycles. The number of nitrogens with zero attached hydrogens (tertiary/aromatic N) is 2. The van der Waals surface area contributed by atoms with Crippen molar-refractivity contribution in [2.45, 2.75) is 26.4 Å². The highest BCUT2D eigenvalue weighted by Gasteiger charge is 2.27. The van der Waals surface area contributed by atoms with Crippen molar-refractivity contribution in [3.8, 4) is 5.75 Å². The third kappa shape index (κ3) is 3.20. The molecule has 1 unspecified atom stereocenters. The first kappa shape index (κ1) is 15.9. The summed E-state index contributed by atoms with van der Waals surface area (Å²) in [6, 6.07) is 17.3. The monoisotopic (exact) mass is 322 g/mol. The SMILES string of the molecule is CC(=O)N(N=C1CC(c2ccccc2)Oc2ccccc21)C(C)=O. The first-order valence-electron chi connectivity index (χ1n) is 7.76. The minimum Gasteiger partial charge on any atom is -0.485 e. The van der Waals surface area contributed by atoms with E-state index in [1.807, 2.05) is 54.6 Å². The zero-order valence-corrected chi connectivity index (χ0v) is 13.6. The molecule has 0 saturated carbocycles. The van der Waals surface area contributed by atoms with Crippen LogP contribution in [0.2, 0.25) is 0 Å². The van der Waals surface area contributed by atoms with Crippen LogP contribution in [0.5, 0.6) is 5.75 Å². The summed E-state index contributed by atoms with van der Waals surface area (Å²) in [5.74, 6) is -0.117. The zero-order chi connectivity index (χ0) is 17.1. The first-order chi connectivity index (χ1) is 11.6. The van der Waals surface area contributed by atoms with Gasteiger partial charge in [0, 0.05) is 25.8 Å². The second-order valence-electron chi connectivity index (χ2n) is 5.61. The summed E-state index contributed by atoms with van der Waals surface area (Å²) in [7, 11) is 0. The van der Waals surface area contributed by atoms with Crippen LogP contribution in [0.1, 0.15) is 37.5 Å². The molecule has 2 amide bonds. The number of ether oxygens (including phenoxy) is 1. The Morgan fingerprint density at radius 1 is 1.00 bits per heavy atom. The van der Waals surface area contributed by atoms with Gasteiger partial charge in [-0.05, 0) is 17.7 Å². The molecule has 24 heavy (non-hydrogen) atoms. The number of benzene rings is 2. The quantitative estimate of drug-likeness (QED) is 0.797. The van der Waals surface area contributed by atoms with Crippen molar-refractivity contribution >= 4 is 17.5 Å². The highest BCUT2D eigenvalue weighted by Crippen LogP contribution is 2.35. The summed E-state index contributed by atoms with van der Waals surface area (Å²) in [6.45, 7) is 2.65. The van der Waals surface area contributed by atoms with Crippen LogP contribution in [-0.2, 0) is 9.59 Å². The van der Waals surface area contributed by atoms with Crippen molar-refractivity contribution in [2.24, 2.45) is 5.10 Å². The Hall–Kier alpha value is -2.95. The molecule has 0 saturated heterocycles. The number of para-hydroxylation sites is 1. The van der Waals surface area contributed by atoms with Gasteiger partial charge in [-0.25, -0.2) is 0 Å². The molecule has 1 aliphatic heterocycles. The molecular formula is C19H18N2O3. The Morgan fingerprint density at radius 2 is 1.62 bits per heavy atom. The van der Waals surface area contributed by atoms with Gasteiger partial charge in [0.25, 0.3) is 0 Å². The van der Waals surface area contributed by atoms with Gasteiger partial charge in [-0.15, -0.1) is 0 Å². The van der Waals surface area contributed by atoms with Crippen molar-refractivity contribution in [1.29, 1.82) is 0 Å². The lowest BCUT2D eigenvalue weighted by atomic mass is 9.96. The van der Waals surface area contributed by atoms with Crippen LogP contribution in [0, 0.1) is 0 Å². The first-order valence-corrected chi connectivity index (χ1v) is 7.76. The summed E-state index contributed by atoms with van der Waals surface area (Å²) in [4.78, 5) is 23.4. The smallest absolute Gasteiger partial charge is 0.246 e. The minimum atomic E-state index is -0.407. The number of amides is 2. The van der Waals surface area contributed by atoms with Gasteiger partial charge in [0.05, 0.1) is 5.71 Å². The standard InChI is InChI=1S/C19H18N2O3/c1-13(22)21(14(2)23)20-17-12-19(15-8-4-3-5-9-15)24-18-11-7-6-10-16(17)18/h3-11,19H,12H2,1-2H3. The Bertz CT molecular complexity index is 785. The summed E-state index contributed by atoms with van der Waals surface area (Å²) >= 11 is 0. The van der Waals surface area contributed by atoms with E-state index in [2.05, 4.69) is 5.10 Å². The van der Waals surface area contributed by atoms with E-state index in [1.54, 1.807) is 0 Å². The maximum Gasteiger partial charge on any atom is 0.246 e. The van der Waals surface area contributed by atoms with Crippen LogP contribution in [0.15, 0.2) is 59.7 Å². The fourth-order valence-electron chi connectivity index (χ4n) is 2.72. The fraction of sp³-hybridized carbons (Fsp3) is 0.211. The molecule has 5 heteroatoms. The summed E-state index contributed by atoms with van der Waals surface area (Å²) in [5, 5.41) is 5.22. The van der Waals surface area contributed by atoms with Crippen molar-refractivity contribution in [2.75, 3.05) is 0 Å². The highest BCUT2D eigenvalue weighted by atomic mass is 16.5. The van der Waals surface area contributed by atoms with Gasteiger partial charge in [0.15, 0.2) is 0 Å². The van der Waals surface area contributed by atoms with Gasteiger partial charge in [-0.2, -0.15) is 10.1 Å². The molecule has 0 N–H and O–H groups in total. The van der Waals surface area contributed by atoms with E-state index in [9.17, 15) is 9.59 Å². The van der Waals surface area contributed by atoms with Crippen LogP contribution in [0.25, 0.3) is 0 Å². The Kier molecular flexibility index (Phi) is 4.42. The Labute approximate surface area is 140 Å². The van der Waals surface area contributed by atoms with E-state index in [0.717, 1.165) is 16.1 Å². The van der Waals surface area contributed by atoms with Crippen molar-refractivity contribution in [3.05, 3.63) is 65.7 Å². The van der Waals surface area contributed by atoms with Gasteiger partial charge in [-0.3, -0.25) is 9.59 Å². The molecule has 2 aromatic rings. The number of hydrazone groups is 1. The molecule has 0 spiro atoms. The molecule has 3 rings (SSSR count). The zero-order valence-electron chi connectivity index (χ0n) is 13.6. The molecule has 0 bridgehead atoms. The third-order valence-electron chi connectivity index (χ3n) is 3.83. The third-order valence-corrected chi connectivity index (χ3v) is 3.83. The van der Waals surface area contributed by atoms with Gasteiger partial charge in [0.1, 0.15) is 11.9 Å². The number of fused-ring (bicyclic) bond motifs is 1. The normalized spacial score (nSPS) is 17.8. The largest absolute Gasteiger partial charge is 0.485 e. The second kappa shape index (κ2) is 6.66. The van der Waals surface area contributed by atoms with E-state index < -0.39 is 11.8 Å². The van der Waals surface area contributed by atoms with Gasteiger partial charge in [-0.1, -0.05) is 42.5 Å². The van der Waals surface area contributed by atoms with E-state index in [-0.39, 0.29) is 6.10 Å². The lowest BCUT2D eigenvalue weighted by molar-refractivity contribution is -0.142. The average Bonchev–Trinajstić information content (AvgIpc) is 2.59. The van der Waals surface area contributed by atoms with E-state index >= 15 is 0 Å². The predicted molar refractivity (Wildman–Crippen MR) is 90.6 cm³/mol. The number of rotatable bonds is 2. The maximum atomic E-state index is 11.7. The van der Waals surface area contributed by atoms with Crippen LogP contribution in [0.4, 0.5) is 0 Å². The predicted octanol–water partition coefficient (Wildman–Crippen LogP) is 3.31. The van der Waals surface area contributed by atoms with Crippen LogP contribution >= 0.6 is 0 Å². The van der Waals surface area contributed by atoms with Gasteiger partial charge >= 0.3 is 0 Å². The van der Waals surface area contributed by atoms with Gasteiger partial charge < -0.3 is 4.74 Å². The number of hydrogen-bond donors (Lipinski definition) is 0. The molecule has 2 aromatic carbocycles. The molecule has 1 aliphatic rings. The van der Waals surface area contributed by atoms with Crippen molar-refractivity contribution < 1.29 is 14.3 Å². The molecule has 1 heterocycles. The van der Waals surface area contributed by atoms with E-state index in [0.29, 0.717) is 17.9 Å². The van der Waals surface area contributed by atoms with E-state index in [1.165, 1.54) is 13.8 Å². The Morgan fingerprint density at radius 3 is 2.29 bits per heavy atom. The van der Waals surface area contributed by atoms with Gasteiger partial charge in [0.2, 0.25) is 11.8 Å². The maximum absolute atomic E-state index is 11.7. The highest BCUT2D eigenvalue weighted by molar-refractivity contribution is 6.05. The fourth-order valence-corrected chi connectivity index (χ4v) is 2.72. The number of hydrogen-bond acceptors (Lipinski definition) is 4. The van der Waals surface area contributed by atoms with E-state index in [4.69, 9.17) is 4.74 Å². The Balaban J connectivity index is 2.04. The number of imide groups is 1. The lowest BCUT2D eigenvalue weighted by Gasteiger charge is -2.28. The molecule has 0 aliphatic carbocycles. The van der Waals surface area contributed by atoms with Crippen LogP contribution in [0.3, 0.4) is 0 Å². The minimum absolute atomic E-state index is 0.208. The topological polar surface area (TPSA) is 59.0 Å². The van der Waals surface area contributed by atoms with Crippen LogP contribution < -0.4 is 4.74 Å². The molecule has 0 fully saturated rings.